The Hall–Kier alpha value is -1.91. The van der Waals surface area contributed by atoms with Gasteiger partial charge in [-0.3, -0.25) is 0 Å². The molecule has 1 aromatic heterocycles. The molecule has 0 atom stereocenters. The first-order chi connectivity index (χ1) is 7.25. The van der Waals surface area contributed by atoms with Gasteiger partial charge in [-0.1, -0.05) is 18.2 Å². The quantitative estimate of drug-likeness (QED) is 0.842. The van der Waals surface area contributed by atoms with E-state index >= 15 is 0 Å². The highest BCUT2D eigenvalue weighted by atomic mass is 19.3. The Morgan fingerprint density at radius 2 is 1.87 bits per heavy atom. The number of aromatic nitrogens is 2. The van der Waals surface area contributed by atoms with Gasteiger partial charge >= 0.3 is 6.55 Å². The summed E-state index contributed by atoms with van der Waals surface area (Å²) in [7, 11) is 0. The van der Waals surface area contributed by atoms with Crippen LogP contribution in [0.5, 0.6) is 0 Å². The summed E-state index contributed by atoms with van der Waals surface area (Å²) < 4.78 is 25.0. The molecule has 0 amide bonds. The van der Waals surface area contributed by atoms with E-state index in [0.717, 1.165) is 5.69 Å². The van der Waals surface area contributed by atoms with Crippen LogP contribution in [0.4, 0.5) is 20.2 Å². The number of benzene rings is 1. The monoisotopic (exact) mass is 209 g/mol. The van der Waals surface area contributed by atoms with Gasteiger partial charge in [-0.05, 0) is 12.1 Å². The number of halogens is 2. The van der Waals surface area contributed by atoms with Crippen molar-refractivity contribution in [3.63, 3.8) is 0 Å². The SMILES string of the molecule is FC(F)n1cc(Nc2ccccc2)cn1. The molecule has 0 saturated carbocycles. The van der Waals surface area contributed by atoms with Crippen LogP contribution in [0.2, 0.25) is 0 Å². The third-order valence-corrected chi connectivity index (χ3v) is 1.86. The van der Waals surface area contributed by atoms with Crippen LogP contribution in [0.15, 0.2) is 42.7 Å². The molecule has 5 heteroatoms. The molecule has 3 nitrogen and oxygen atoms in total. The van der Waals surface area contributed by atoms with Crippen molar-refractivity contribution in [1.82, 2.24) is 9.78 Å². The molecule has 0 fully saturated rings. The maximum atomic E-state index is 12.2. The normalized spacial score (nSPS) is 10.6. The van der Waals surface area contributed by atoms with E-state index in [1.807, 2.05) is 30.3 Å². The molecule has 1 N–H and O–H groups in total. The van der Waals surface area contributed by atoms with Crippen LogP contribution >= 0.6 is 0 Å². The maximum Gasteiger partial charge on any atom is 0.333 e. The van der Waals surface area contributed by atoms with Crippen LogP contribution in [0, 0.1) is 0 Å². The summed E-state index contributed by atoms with van der Waals surface area (Å²) in [5, 5.41) is 6.48. The number of hydrogen-bond acceptors (Lipinski definition) is 2. The van der Waals surface area contributed by atoms with Crippen molar-refractivity contribution < 1.29 is 8.78 Å². The Bertz CT molecular complexity index is 425. The summed E-state index contributed by atoms with van der Waals surface area (Å²) in [4.78, 5) is 0. The van der Waals surface area contributed by atoms with Gasteiger partial charge in [0.2, 0.25) is 0 Å². The smallest absolute Gasteiger partial charge is 0.333 e. The molecule has 0 bridgehead atoms. The molecule has 78 valence electrons. The summed E-state index contributed by atoms with van der Waals surface area (Å²) >= 11 is 0. The molecule has 0 radical (unpaired) electrons. The van der Waals surface area contributed by atoms with Gasteiger partial charge in [0.15, 0.2) is 0 Å². The molecule has 2 aromatic rings. The molecular weight excluding hydrogens is 200 g/mol. The van der Waals surface area contributed by atoms with Gasteiger partial charge in [-0.25, -0.2) is 4.68 Å². The molecule has 1 aromatic carbocycles. The van der Waals surface area contributed by atoms with Crippen molar-refractivity contribution in [1.29, 1.82) is 0 Å². The Labute approximate surface area is 85.3 Å². The summed E-state index contributed by atoms with van der Waals surface area (Å²) in [5.41, 5.74) is 1.38. The molecule has 0 aliphatic heterocycles. The van der Waals surface area contributed by atoms with Crippen molar-refractivity contribution in [3.05, 3.63) is 42.7 Å². The Balaban J connectivity index is 2.12. The van der Waals surface area contributed by atoms with Crippen LogP contribution in [0.1, 0.15) is 6.55 Å². The minimum absolute atomic E-state index is 0.543. The lowest BCUT2D eigenvalue weighted by molar-refractivity contribution is 0.0566. The van der Waals surface area contributed by atoms with Gasteiger partial charge < -0.3 is 5.32 Å². The highest BCUT2D eigenvalue weighted by Gasteiger charge is 2.06. The van der Waals surface area contributed by atoms with Crippen molar-refractivity contribution in [3.8, 4) is 0 Å². The second-order valence-electron chi connectivity index (χ2n) is 2.98. The fourth-order valence-electron chi connectivity index (χ4n) is 1.20. The standard InChI is InChI=1S/C10H9F2N3/c11-10(12)15-7-9(6-13-15)14-8-4-2-1-3-5-8/h1-7,10,14H. The molecule has 0 spiro atoms. The number of rotatable bonds is 3. The number of nitrogens with zero attached hydrogens (tertiary/aromatic N) is 2. The first-order valence-electron chi connectivity index (χ1n) is 4.40. The first-order valence-corrected chi connectivity index (χ1v) is 4.40. The minimum Gasteiger partial charge on any atom is -0.353 e. The largest absolute Gasteiger partial charge is 0.353 e. The number of anilines is 2. The average molecular weight is 209 g/mol. The van der Waals surface area contributed by atoms with Gasteiger partial charge in [-0.15, -0.1) is 0 Å². The second kappa shape index (κ2) is 4.08. The van der Waals surface area contributed by atoms with E-state index < -0.39 is 6.55 Å². The van der Waals surface area contributed by atoms with Crippen molar-refractivity contribution in [2.24, 2.45) is 0 Å². The van der Waals surface area contributed by atoms with Gasteiger partial charge in [0.25, 0.3) is 0 Å². The third-order valence-electron chi connectivity index (χ3n) is 1.86. The number of para-hydroxylation sites is 1. The highest BCUT2D eigenvalue weighted by molar-refractivity contribution is 5.57. The van der Waals surface area contributed by atoms with Gasteiger partial charge in [0.1, 0.15) is 0 Å². The fourth-order valence-corrected chi connectivity index (χ4v) is 1.20. The summed E-state index contributed by atoms with van der Waals surface area (Å²) in [5.74, 6) is 0. The van der Waals surface area contributed by atoms with E-state index in [0.29, 0.717) is 10.4 Å². The summed E-state index contributed by atoms with van der Waals surface area (Å²) in [6.07, 6.45) is 2.62. The van der Waals surface area contributed by atoms with Crippen molar-refractivity contribution in [2.45, 2.75) is 6.55 Å². The van der Waals surface area contributed by atoms with E-state index in [-0.39, 0.29) is 0 Å². The molecule has 2 rings (SSSR count). The zero-order valence-corrected chi connectivity index (χ0v) is 7.77. The maximum absolute atomic E-state index is 12.2. The van der Waals surface area contributed by atoms with E-state index in [4.69, 9.17) is 0 Å². The summed E-state index contributed by atoms with van der Waals surface area (Å²) in [6.45, 7) is -2.60. The van der Waals surface area contributed by atoms with Gasteiger partial charge in [-0.2, -0.15) is 13.9 Å². The molecule has 0 aliphatic rings. The number of alkyl halides is 2. The molecular formula is C10H9F2N3. The number of hydrogen-bond donors (Lipinski definition) is 1. The third kappa shape index (κ3) is 2.31. The van der Waals surface area contributed by atoms with E-state index in [2.05, 4.69) is 10.4 Å². The molecule has 0 unspecified atom stereocenters. The fraction of sp³-hybridized carbons (Fsp3) is 0.100. The first kappa shape index (κ1) is 9.64. The van der Waals surface area contributed by atoms with Crippen LogP contribution in [-0.2, 0) is 0 Å². The predicted octanol–water partition coefficient (Wildman–Crippen LogP) is 3.02. The van der Waals surface area contributed by atoms with Crippen LogP contribution in [0.3, 0.4) is 0 Å². The Kier molecular flexibility index (Phi) is 2.62. The van der Waals surface area contributed by atoms with Gasteiger partial charge in [0.05, 0.1) is 18.1 Å². The molecule has 0 saturated heterocycles. The van der Waals surface area contributed by atoms with E-state index in [1.54, 1.807) is 0 Å². The topological polar surface area (TPSA) is 29.9 Å². The number of nitrogens with one attached hydrogen (secondary N) is 1. The Morgan fingerprint density at radius 3 is 2.47 bits per heavy atom. The van der Waals surface area contributed by atoms with E-state index in [9.17, 15) is 8.78 Å². The predicted molar refractivity (Wildman–Crippen MR) is 53.2 cm³/mol. The average Bonchev–Trinajstić information content (AvgIpc) is 2.68. The van der Waals surface area contributed by atoms with Crippen LogP contribution < -0.4 is 5.32 Å². The lowest BCUT2D eigenvalue weighted by Crippen LogP contribution is -1.97. The van der Waals surface area contributed by atoms with Crippen LogP contribution in [0.25, 0.3) is 0 Å². The second-order valence-corrected chi connectivity index (χ2v) is 2.98. The van der Waals surface area contributed by atoms with Gasteiger partial charge in [0, 0.05) is 5.69 Å². The zero-order chi connectivity index (χ0) is 10.7. The molecule has 15 heavy (non-hydrogen) atoms. The zero-order valence-electron chi connectivity index (χ0n) is 7.77. The van der Waals surface area contributed by atoms with Crippen molar-refractivity contribution >= 4 is 11.4 Å². The molecule has 1 heterocycles. The highest BCUT2D eigenvalue weighted by Crippen LogP contribution is 2.17. The Morgan fingerprint density at radius 1 is 1.13 bits per heavy atom. The minimum atomic E-state index is -2.60. The lowest BCUT2D eigenvalue weighted by Gasteiger charge is -2.01. The van der Waals surface area contributed by atoms with Crippen molar-refractivity contribution in [2.75, 3.05) is 5.32 Å². The molecule has 0 aliphatic carbocycles. The summed E-state index contributed by atoms with van der Waals surface area (Å²) in [6, 6.07) is 9.30. The van der Waals surface area contributed by atoms with Crippen LogP contribution in [-0.4, -0.2) is 9.78 Å². The van der Waals surface area contributed by atoms with E-state index in [1.165, 1.54) is 12.4 Å². The lowest BCUT2D eigenvalue weighted by atomic mass is 10.3.